The number of carboxylic acid groups (broad SMARTS) is 1. The second kappa shape index (κ2) is 7.22. The van der Waals surface area contributed by atoms with Gasteiger partial charge in [-0.25, -0.2) is 4.79 Å². The summed E-state index contributed by atoms with van der Waals surface area (Å²) in [6, 6.07) is 13.0. The van der Waals surface area contributed by atoms with E-state index in [0.29, 0.717) is 11.4 Å². The molecule has 2 aromatic rings. The molecule has 1 unspecified atom stereocenters. The zero-order chi connectivity index (χ0) is 16.1. The van der Waals surface area contributed by atoms with Crippen LogP contribution in [0.3, 0.4) is 0 Å². The van der Waals surface area contributed by atoms with Gasteiger partial charge in [-0.3, -0.25) is 4.79 Å². The van der Waals surface area contributed by atoms with Gasteiger partial charge in [0.2, 0.25) is 0 Å². The fraction of sp³-hybridized carbons (Fsp3) is 0.294. The molecule has 0 saturated heterocycles. The van der Waals surface area contributed by atoms with E-state index in [-0.39, 0.29) is 16.8 Å². The van der Waals surface area contributed by atoms with E-state index in [4.69, 9.17) is 5.11 Å². The van der Waals surface area contributed by atoms with Gasteiger partial charge in [0.15, 0.2) is 0 Å². The third-order valence-corrected chi connectivity index (χ3v) is 4.67. The van der Waals surface area contributed by atoms with E-state index in [1.807, 2.05) is 44.2 Å². The first kappa shape index (κ1) is 16.2. The minimum absolute atomic E-state index is 0.0862. The minimum Gasteiger partial charge on any atom is -0.477 e. The largest absolute Gasteiger partial charge is 0.477 e. The number of carbonyl (C=O) groups excluding carboxylic acids is 1. The SMILES string of the molecule is CCC(C)N(Cc1ccccc1)C(=O)c1ccc(C(=O)O)s1. The van der Waals surface area contributed by atoms with Crippen LogP contribution >= 0.6 is 11.3 Å². The maximum Gasteiger partial charge on any atom is 0.345 e. The topological polar surface area (TPSA) is 57.6 Å². The molecule has 0 radical (unpaired) electrons. The van der Waals surface area contributed by atoms with E-state index in [1.165, 1.54) is 6.07 Å². The molecule has 1 aromatic heterocycles. The lowest BCUT2D eigenvalue weighted by molar-refractivity contribution is 0.0675. The molecule has 5 heteroatoms. The molecule has 0 bridgehead atoms. The maximum atomic E-state index is 12.7. The Labute approximate surface area is 134 Å². The number of carbonyl (C=O) groups is 2. The van der Waals surface area contributed by atoms with Crippen molar-refractivity contribution in [1.82, 2.24) is 4.90 Å². The van der Waals surface area contributed by atoms with E-state index >= 15 is 0 Å². The Bertz CT molecular complexity index is 651. The van der Waals surface area contributed by atoms with Crippen LogP contribution in [0.4, 0.5) is 0 Å². The number of aromatic carboxylic acids is 1. The number of hydrogen-bond acceptors (Lipinski definition) is 3. The summed E-state index contributed by atoms with van der Waals surface area (Å²) in [5.41, 5.74) is 1.06. The first-order chi connectivity index (χ1) is 10.5. The van der Waals surface area contributed by atoms with Crippen molar-refractivity contribution in [3.63, 3.8) is 0 Å². The quantitative estimate of drug-likeness (QED) is 0.879. The van der Waals surface area contributed by atoms with Gasteiger partial charge in [0.25, 0.3) is 5.91 Å². The van der Waals surface area contributed by atoms with Crippen molar-refractivity contribution in [2.45, 2.75) is 32.9 Å². The Morgan fingerprint density at radius 3 is 2.32 bits per heavy atom. The standard InChI is InChI=1S/C17H19NO3S/c1-3-12(2)18(11-13-7-5-4-6-8-13)16(19)14-9-10-15(22-14)17(20)21/h4-10,12H,3,11H2,1-2H3,(H,20,21). The van der Waals surface area contributed by atoms with Gasteiger partial charge < -0.3 is 10.0 Å². The van der Waals surface area contributed by atoms with Crippen LogP contribution < -0.4 is 0 Å². The fourth-order valence-electron chi connectivity index (χ4n) is 2.14. The van der Waals surface area contributed by atoms with Gasteiger partial charge in [0.05, 0.1) is 4.88 Å². The summed E-state index contributed by atoms with van der Waals surface area (Å²) in [5.74, 6) is -1.11. The molecule has 0 fully saturated rings. The number of nitrogens with zero attached hydrogens (tertiary/aromatic N) is 1. The molecule has 0 spiro atoms. The second-order valence-corrected chi connectivity index (χ2v) is 6.23. The smallest absolute Gasteiger partial charge is 0.345 e. The predicted octanol–water partition coefficient (Wildman–Crippen LogP) is 3.89. The molecule has 0 saturated carbocycles. The monoisotopic (exact) mass is 317 g/mol. The van der Waals surface area contributed by atoms with Gasteiger partial charge in [0.1, 0.15) is 4.88 Å². The molecule has 22 heavy (non-hydrogen) atoms. The van der Waals surface area contributed by atoms with Crippen molar-refractivity contribution in [3.05, 3.63) is 57.8 Å². The van der Waals surface area contributed by atoms with E-state index in [2.05, 4.69) is 0 Å². The Morgan fingerprint density at radius 2 is 1.77 bits per heavy atom. The third-order valence-electron chi connectivity index (χ3n) is 3.61. The predicted molar refractivity (Wildman–Crippen MR) is 87.3 cm³/mol. The highest BCUT2D eigenvalue weighted by Gasteiger charge is 2.23. The Morgan fingerprint density at radius 1 is 1.14 bits per heavy atom. The average molecular weight is 317 g/mol. The van der Waals surface area contributed by atoms with Crippen molar-refractivity contribution >= 4 is 23.2 Å². The van der Waals surface area contributed by atoms with Gasteiger partial charge >= 0.3 is 5.97 Å². The summed E-state index contributed by atoms with van der Waals surface area (Å²) >= 11 is 1.03. The van der Waals surface area contributed by atoms with Crippen LogP contribution in [-0.4, -0.2) is 27.9 Å². The third kappa shape index (κ3) is 3.74. The van der Waals surface area contributed by atoms with Crippen LogP contribution in [0.15, 0.2) is 42.5 Å². The van der Waals surface area contributed by atoms with Crippen molar-refractivity contribution in [3.8, 4) is 0 Å². The van der Waals surface area contributed by atoms with Crippen LogP contribution in [0.25, 0.3) is 0 Å². The lowest BCUT2D eigenvalue weighted by atomic mass is 10.1. The molecule has 1 heterocycles. The van der Waals surface area contributed by atoms with Gasteiger partial charge in [0, 0.05) is 12.6 Å². The highest BCUT2D eigenvalue weighted by molar-refractivity contribution is 7.15. The number of amides is 1. The molecule has 0 aliphatic carbocycles. The van der Waals surface area contributed by atoms with Crippen LogP contribution in [0.5, 0.6) is 0 Å². The second-order valence-electron chi connectivity index (χ2n) is 5.14. The van der Waals surface area contributed by atoms with Gasteiger partial charge in [-0.15, -0.1) is 11.3 Å². The lowest BCUT2D eigenvalue weighted by Gasteiger charge is -2.28. The lowest BCUT2D eigenvalue weighted by Crippen LogP contribution is -2.37. The Kier molecular flexibility index (Phi) is 5.33. The zero-order valence-electron chi connectivity index (χ0n) is 12.7. The summed E-state index contributed by atoms with van der Waals surface area (Å²) in [6.07, 6.45) is 0.843. The number of hydrogen-bond donors (Lipinski definition) is 1. The molecule has 1 atom stereocenters. The number of benzene rings is 1. The normalized spacial score (nSPS) is 11.9. The molecule has 2 rings (SSSR count). The molecule has 0 aliphatic heterocycles. The molecule has 4 nitrogen and oxygen atoms in total. The molecule has 116 valence electrons. The Balaban J connectivity index is 2.24. The van der Waals surface area contributed by atoms with Crippen molar-refractivity contribution in [2.75, 3.05) is 0 Å². The summed E-state index contributed by atoms with van der Waals surface area (Å²) in [6.45, 7) is 4.56. The van der Waals surface area contributed by atoms with E-state index in [0.717, 1.165) is 23.3 Å². The maximum absolute atomic E-state index is 12.7. The van der Waals surface area contributed by atoms with E-state index < -0.39 is 5.97 Å². The molecule has 1 aromatic carbocycles. The molecule has 0 aliphatic rings. The van der Waals surface area contributed by atoms with Crippen molar-refractivity contribution in [1.29, 1.82) is 0 Å². The van der Waals surface area contributed by atoms with Crippen LogP contribution in [-0.2, 0) is 6.54 Å². The first-order valence-corrected chi connectivity index (χ1v) is 8.02. The highest BCUT2D eigenvalue weighted by Crippen LogP contribution is 2.21. The summed E-state index contributed by atoms with van der Waals surface area (Å²) < 4.78 is 0. The van der Waals surface area contributed by atoms with Gasteiger partial charge in [-0.1, -0.05) is 37.3 Å². The van der Waals surface area contributed by atoms with Crippen molar-refractivity contribution in [2.24, 2.45) is 0 Å². The minimum atomic E-state index is -0.998. The first-order valence-electron chi connectivity index (χ1n) is 7.21. The van der Waals surface area contributed by atoms with Gasteiger partial charge in [-0.2, -0.15) is 0 Å². The summed E-state index contributed by atoms with van der Waals surface area (Å²) in [5, 5.41) is 8.99. The summed E-state index contributed by atoms with van der Waals surface area (Å²) in [7, 11) is 0. The molecule has 1 N–H and O–H groups in total. The van der Waals surface area contributed by atoms with Crippen LogP contribution in [0.2, 0.25) is 0 Å². The molecular weight excluding hydrogens is 298 g/mol. The highest BCUT2D eigenvalue weighted by atomic mass is 32.1. The molecule has 1 amide bonds. The van der Waals surface area contributed by atoms with E-state index in [1.54, 1.807) is 11.0 Å². The fourth-order valence-corrected chi connectivity index (χ4v) is 2.94. The average Bonchev–Trinajstić information content (AvgIpc) is 3.02. The van der Waals surface area contributed by atoms with E-state index in [9.17, 15) is 9.59 Å². The number of rotatable bonds is 6. The molecular formula is C17H19NO3S. The zero-order valence-corrected chi connectivity index (χ0v) is 13.5. The number of carboxylic acids is 1. The van der Waals surface area contributed by atoms with Gasteiger partial charge in [-0.05, 0) is 31.0 Å². The van der Waals surface area contributed by atoms with Crippen LogP contribution in [0, 0.1) is 0 Å². The Hall–Kier alpha value is -2.14. The van der Waals surface area contributed by atoms with Crippen LogP contribution in [0.1, 0.15) is 45.2 Å². The van der Waals surface area contributed by atoms with Crippen molar-refractivity contribution < 1.29 is 14.7 Å². The summed E-state index contributed by atoms with van der Waals surface area (Å²) in [4.78, 5) is 26.2. The number of thiophene rings is 1.